The number of H-pyrrole nitrogens is 1. The number of aromatic amines is 1. The number of nitrogens with zero attached hydrogens (tertiary/aromatic N) is 1. The maximum atomic E-state index is 13.3. The first kappa shape index (κ1) is 13.1. The Morgan fingerprint density at radius 3 is 2.63 bits per heavy atom. The van der Waals surface area contributed by atoms with E-state index in [-0.39, 0.29) is 5.82 Å². The number of nitrogens with one attached hydrogen (secondary N) is 1. The largest absolute Gasteiger partial charge is 0.389 e. The van der Waals surface area contributed by atoms with Gasteiger partial charge in [-0.1, -0.05) is 0 Å². The molecule has 1 aliphatic heterocycles. The molecule has 0 bridgehead atoms. The Morgan fingerprint density at radius 1 is 1.26 bits per heavy atom. The van der Waals surface area contributed by atoms with Crippen LogP contribution >= 0.6 is 15.9 Å². The molecule has 0 unspecified atom stereocenters. The zero-order chi connectivity index (χ0) is 13.6. The Labute approximate surface area is 118 Å². The minimum Gasteiger partial charge on any atom is -0.389 e. The summed E-state index contributed by atoms with van der Waals surface area (Å²) in [5, 5.41) is 19.9. The second-order valence-corrected chi connectivity index (χ2v) is 5.83. The van der Waals surface area contributed by atoms with Gasteiger partial charge in [-0.3, -0.25) is 4.90 Å². The maximum absolute atomic E-state index is 13.3. The number of halogens is 2. The van der Waals surface area contributed by atoms with Crippen molar-refractivity contribution in [3.05, 3.63) is 34.2 Å². The predicted octanol–water partition coefficient (Wildman–Crippen LogP) is 1.61. The molecule has 3 rings (SSSR count). The monoisotopic (exact) mass is 328 g/mol. The second kappa shape index (κ2) is 4.86. The van der Waals surface area contributed by atoms with Crippen LogP contribution in [0, 0.1) is 5.82 Å². The number of hydrogen-bond donors (Lipinski definition) is 3. The fourth-order valence-electron chi connectivity index (χ4n) is 2.52. The van der Waals surface area contributed by atoms with Gasteiger partial charge in [0.1, 0.15) is 5.82 Å². The highest BCUT2D eigenvalue weighted by Crippen LogP contribution is 2.27. The number of fused-ring (bicyclic) bond motifs is 1. The Kier molecular flexibility index (Phi) is 3.34. The van der Waals surface area contributed by atoms with Crippen molar-refractivity contribution in [3.8, 4) is 0 Å². The number of benzene rings is 1. The molecule has 2 heterocycles. The molecule has 0 spiro atoms. The number of aliphatic hydroxyl groups excluding tert-OH is 2. The summed E-state index contributed by atoms with van der Waals surface area (Å²) in [4.78, 5) is 5.12. The molecule has 2 aromatic rings. The molecule has 19 heavy (non-hydrogen) atoms. The molecule has 1 aromatic heterocycles. The van der Waals surface area contributed by atoms with Crippen LogP contribution in [-0.4, -0.2) is 45.4 Å². The van der Waals surface area contributed by atoms with E-state index in [9.17, 15) is 14.6 Å². The topological polar surface area (TPSA) is 59.5 Å². The molecule has 0 radical (unpaired) electrons. The number of aliphatic hydroxyl groups is 2. The standard InChI is InChI=1S/C13H14BrFN2O2/c14-10-1-7(15)2-11-9(10)3-8(16-11)4-17-5-12(18)13(19)6-17/h1-3,12-13,16,18-19H,4-6H2/t12-,13+. The van der Waals surface area contributed by atoms with Crippen molar-refractivity contribution in [1.82, 2.24) is 9.88 Å². The molecule has 6 heteroatoms. The first-order chi connectivity index (χ1) is 9.02. The van der Waals surface area contributed by atoms with Crippen LogP contribution < -0.4 is 0 Å². The van der Waals surface area contributed by atoms with Crippen LogP contribution in [0.4, 0.5) is 4.39 Å². The molecule has 1 aromatic carbocycles. The van der Waals surface area contributed by atoms with E-state index in [1.165, 1.54) is 12.1 Å². The molecule has 0 aliphatic carbocycles. The summed E-state index contributed by atoms with van der Waals surface area (Å²) in [6.45, 7) is 1.50. The van der Waals surface area contributed by atoms with E-state index in [1.54, 1.807) is 0 Å². The fraction of sp³-hybridized carbons (Fsp3) is 0.385. The van der Waals surface area contributed by atoms with E-state index in [0.29, 0.717) is 24.1 Å². The molecule has 0 saturated carbocycles. The van der Waals surface area contributed by atoms with E-state index < -0.39 is 12.2 Å². The molecule has 2 atom stereocenters. The molecular formula is C13H14BrFN2O2. The van der Waals surface area contributed by atoms with E-state index in [1.807, 2.05) is 11.0 Å². The quantitative estimate of drug-likeness (QED) is 0.785. The lowest BCUT2D eigenvalue weighted by Gasteiger charge is -2.12. The number of likely N-dealkylation sites (tertiary alicyclic amines) is 1. The summed E-state index contributed by atoms with van der Waals surface area (Å²) in [6, 6.07) is 4.84. The lowest BCUT2D eigenvalue weighted by atomic mass is 10.2. The predicted molar refractivity (Wildman–Crippen MR) is 73.2 cm³/mol. The minimum absolute atomic E-state index is 0.292. The summed E-state index contributed by atoms with van der Waals surface area (Å²) >= 11 is 3.34. The van der Waals surface area contributed by atoms with Crippen LogP contribution in [0.15, 0.2) is 22.7 Å². The van der Waals surface area contributed by atoms with Gasteiger partial charge < -0.3 is 15.2 Å². The first-order valence-electron chi connectivity index (χ1n) is 6.08. The van der Waals surface area contributed by atoms with Gasteiger partial charge in [0, 0.05) is 40.7 Å². The van der Waals surface area contributed by atoms with Gasteiger partial charge in [-0.25, -0.2) is 4.39 Å². The van der Waals surface area contributed by atoms with Crippen molar-refractivity contribution in [3.63, 3.8) is 0 Å². The Balaban J connectivity index is 1.84. The smallest absolute Gasteiger partial charge is 0.126 e. The summed E-state index contributed by atoms with van der Waals surface area (Å²) in [7, 11) is 0. The van der Waals surface area contributed by atoms with Crippen LogP contribution in [0.1, 0.15) is 5.69 Å². The van der Waals surface area contributed by atoms with Gasteiger partial charge in [0.2, 0.25) is 0 Å². The zero-order valence-electron chi connectivity index (χ0n) is 10.1. The number of hydrogen-bond acceptors (Lipinski definition) is 3. The van der Waals surface area contributed by atoms with Crippen molar-refractivity contribution in [2.24, 2.45) is 0 Å². The number of rotatable bonds is 2. The molecule has 1 fully saturated rings. The number of aromatic nitrogens is 1. The SMILES string of the molecule is O[C@@H]1CN(Cc2cc3c(Br)cc(F)cc3[nH]2)C[C@@H]1O. The molecule has 3 N–H and O–H groups in total. The van der Waals surface area contributed by atoms with Crippen LogP contribution in [0.25, 0.3) is 10.9 Å². The van der Waals surface area contributed by atoms with Crippen LogP contribution in [0.5, 0.6) is 0 Å². The van der Waals surface area contributed by atoms with E-state index >= 15 is 0 Å². The maximum Gasteiger partial charge on any atom is 0.126 e. The normalized spacial score (nSPS) is 24.4. The molecule has 1 saturated heterocycles. The first-order valence-corrected chi connectivity index (χ1v) is 6.87. The van der Waals surface area contributed by atoms with Crippen molar-refractivity contribution in [1.29, 1.82) is 0 Å². The molecular weight excluding hydrogens is 315 g/mol. The third kappa shape index (κ3) is 2.53. The van der Waals surface area contributed by atoms with E-state index in [0.717, 1.165) is 16.6 Å². The highest BCUT2D eigenvalue weighted by Gasteiger charge is 2.29. The second-order valence-electron chi connectivity index (χ2n) is 4.97. The van der Waals surface area contributed by atoms with Gasteiger partial charge in [-0.2, -0.15) is 0 Å². The summed E-state index contributed by atoms with van der Waals surface area (Å²) in [5.74, 6) is -0.292. The minimum atomic E-state index is -0.687. The zero-order valence-corrected chi connectivity index (χ0v) is 11.7. The molecule has 4 nitrogen and oxygen atoms in total. The van der Waals surface area contributed by atoms with Crippen LogP contribution in [0.3, 0.4) is 0 Å². The van der Waals surface area contributed by atoms with Gasteiger partial charge in [-0.05, 0) is 34.1 Å². The lowest BCUT2D eigenvalue weighted by molar-refractivity contribution is 0.0572. The molecule has 0 amide bonds. The Hall–Kier alpha value is -0.950. The van der Waals surface area contributed by atoms with Crippen LogP contribution in [-0.2, 0) is 6.54 Å². The van der Waals surface area contributed by atoms with E-state index in [2.05, 4.69) is 20.9 Å². The average molecular weight is 329 g/mol. The third-order valence-electron chi connectivity index (χ3n) is 3.44. The summed E-state index contributed by atoms with van der Waals surface area (Å²) in [5.41, 5.74) is 1.67. The van der Waals surface area contributed by atoms with Gasteiger partial charge in [0.05, 0.1) is 12.2 Å². The van der Waals surface area contributed by atoms with Gasteiger partial charge in [0.15, 0.2) is 0 Å². The Morgan fingerprint density at radius 2 is 1.95 bits per heavy atom. The van der Waals surface area contributed by atoms with Crippen molar-refractivity contribution in [2.75, 3.05) is 13.1 Å². The van der Waals surface area contributed by atoms with Crippen molar-refractivity contribution in [2.45, 2.75) is 18.8 Å². The Bertz CT molecular complexity index is 606. The highest BCUT2D eigenvalue weighted by atomic mass is 79.9. The van der Waals surface area contributed by atoms with Crippen LogP contribution in [0.2, 0.25) is 0 Å². The average Bonchev–Trinajstić information content (AvgIpc) is 2.83. The summed E-state index contributed by atoms with van der Waals surface area (Å²) in [6.07, 6.45) is -1.37. The van der Waals surface area contributed by atoms with Gasteiger partial charge >= 0.3 is 0 Å². The van der Waals surface area contributed by atoms with Gasteiger partial charge in [0.25, 0.3) is 0 Å². The number of β-amino-alcohol motifs (C(OH)–C–C–N with tert-alkyl or cyclic N) is 2. The van der Waals surface area contributed by atoms with E-state index in [4.69, 9.17) is 0 Å². The fourth-order valence-corrected chi connectivity index (χ4v) is 3.07. The molecule has 1 aliphatic rings. The molecule has 102 valence electrons. The highest BCUT2D eigenvalue weighted by molar-refractivity contribution is 9.10. The summed E-state index contributed by atoms with van der Waals surface area (Å²) < 4.78 is 14.0. The van der Waals surface area contributed by atoms with Crippen molar-refractivity contribution >= 4 is 26.8 Å². The lowest BCUT2D eigenvalue weighted by Crippen LogP contribution is -2.22. The third-order valence-corrected chi connectivity index (χ3v) is 4.09. The van der Waals surface area contributed by atoms with Gasteiger partial charge in [-0.15, -0.1) is 0 Å². The van der Waals surface area contributed by atoms with Crippen molar-refractivity contribution < 1.29 is 14.6 Å².